The smallest absolute Gasteiger partial charge is 0.110 e. The van der Waals surface area contributed by atoms with Gasteiger partial charge < -0.3 is 15.2 Å². The first-order valence-electron chi connectivity index (χ1n) is 6.01. The molecule has 2 rings (SSSR count). The van der Waals surface area contributed by atoms with E-state index in [2.05, 4.69) is 11.4 Å². The molecule has 0 radical (unpaired) electrons. The van der Waals surface area contributed by atoms with E-state index in [9.17, 15) is 5.11 Å². The van der Waals surface area contributed by atoms with Gasteiger partial charge in [0.15, 0.2) is 0 Å². The van der Waals surface area contributed by atoms with Crippen molar-refractivity contribution < 1.29 is 9.84 Å². The third-order valence-corrected chi connectivity index (χ3v) is 3.59. The van der Waals surface area contributed by atoms with E-state index in [-0.39, 0.29) is 12.1 Å². The number of nitrogens with one attached hydrogen (secondary N) is 1. The van der Waals surface area contributed by atoms with Gasteiger partial charge in [-0.1, -0.05) is 12.8 Å². The molecular formula is C12H21NO2. The summed E-state index contributed by atoms with van der Waals surface area (Å²) in [4.78, 5) is 0. The lowest BCUT2D eigenvalue weighted by atomic mass is 9.98. The van der Waals surface area contributed by atoms with Crippen molar-refractivity contribution >= 4 is 0 Å². The molecule has 0 aromatic carbocycles. The summed E-state index contributed by atoms with van der Waals surface area (Å²) in [5.74, 6) is 0. The molecule has 1 atom stereocenters. The largest absolute Gasteiger partial charge is 0.497 e. The summed E-state index contributed by atoms with van der Waals surface area (Å²) in [6, 6.07) is 0. The van der Waals surface area contributed by atoms with Crippen LogP contribution in [0.1, 0.15) is 38.5 Å². The Hall–Kier alpha value is -0.540. The summed E-state index contributed by atoms with van der Waals surface area (Å²) >= 11 is 0. The van der Waals surface area contributed by atoms with Crippen LogP contribution in [0, 0.1) is 0 Å². The SMILES string of the molecule is OCC1(NCC2CCC=CO2)CCCC1. The minimum atomic E-state index is -0.00940. The Morgan fingerprint density at radius 3 is 2.80 bits per heavy atom. The molecule has 1 aliphatic heterocycles. The fraction of sp³-hybridized carbons (Fsp3) is 0.833. The molecule has 1 aliphatic carbocycles. The van der Waals surface area contributed by atoms with Crippen molar-refractivity contribution in [2.75, 3.05) is 13.2 Å². The average Bonchev–Trinajstić information content (AvgIpc) is 2.77. The van der Waals surface area contributed by atoms with Crippen LogP contribution in [0.3, 0.4) is 0 Å². The van der Waals surface area contributed by atoms with Crippen molar-refractivity contribution in [3.63, 3.8) is 0 Å². The van der Waals surface area contributed by atoms with Gasteiger partial charge in [-0.05, 0) is 31.8 Å². The summed E-state index contributed by atoms with van der Waals surface area (Å²) in [5, 5.41) is 12.9. The normalized spacial score (nSPS) is 29.0. The minimum Gasteiger partial charge on any atom is -0.497 e. The van der Waals surface area contributed by atoms with E-state index in [0.29, 0.717) is 6.10 Å². The highest BCUT2D eigenvalue weighted by molar-refractivity contribution is 4.93. The fourth-order valence-corrected chi connectivity index (χ4v) is 2.51. The van der Waals surface area contributed by atoms with Gasteiger partial charge in [0, 0.05) is 12.1 Å². The van der Waals surface area contributed by atoms with Gasteiger partial charge in [-0.15, -0.1) is 0 Å². The van der Waals surface area contributed by atoms with Crippen LogP contribution in [0.4, 0.5) is 0 Å². The number of rotatable bonds is 4. The first-order valence-corrected chi connectivity index (χ1v) is 6.01. The van der Waals surface area contributed by atoms with Crippen LogP contribution >= 0.6 is 0 Å². The van der Waals surface area contributed by atoms with Crippen LogP contribution in [0.5, 0.6) is 0 Å². The van der Waals surface area contributed by atoms with Crippen molar-refractivity contribution in [1.82, 2.24) is 5.32 Å². The van der Waals surface area contributed by atoms with Gasteiger partial charge >= 0.3 is 0 Å². The maximum atomic E-state index is 9.43. The second kappa shape index (κ2) is 4.99. The summed E-state index contributed by atoms with van der Waals surface area (Å²) < 4.78 is 5.50. The zero-order valence-electron chi connectivity index (χ0n) is 9.24. The number of allylic oxidation sites excluding steroid dienone is 1. The molecule has 3 heteroatoms. The van der Waals surface area contributed by atoms with Gasteiger partial charge in [0.2, 0.25) is 0 Å². The van der Waals surface area contributed by atoms with Crippen molar-refractivity contribution in [1.29, 1.82) is 0 Å². The summed E-state index contributed by atoms with van der Waals surface area (Å²) in [7, 11) is 0. The van der Waals surface area contributed by atoms with Gasteiger partial charge in [-0.3, -0.25) is 0 Å². The zero-order chi connectivity index (χ0) is 10.6. The van der Waals surface area contributed by atoms with Crippen molar-refractivity contribution in [2.24, 2.45) is 0 Å². The van der Waals surface area contributed by atoms with Crippen molar-refractivity contribution in [2.45, 2.75) is 50.2 Å². The molecule has 1 heterocycles. The van der Waals surface area contributed by atoms with Crippen molar-refractivity contribution in [3.8, 4) is 0 Å². The minimum absolute atomic E-state index is 0.00940. The Labute approximate surface area is 91.5 Å². The predicted octanol–water partition coefficient (Wildman–Crippen LogP) is 1.57. The van der Waals surface area contributed by atoms with E-state index in [4.69, 9.17) is 4.74 Å². The molecule has 0 saturated heterocycles. The molecule has 2 N–H and O–H groups in total. The van der Waals surface area contributed by atoms with Crippen LogP contribution in [0.15, 0.2) is 12.3 Å². The fourth-order valence-electron chi connectivity index (χ4n) is 2.51. The van der Waals surface area contributed by atoms with Crippen molar-refractivity contribution in [3.05, 3.63) is 12.3 Å². The van der Waals surface area contributed by atoms with Crippen LogP contribution < -0.4 is 5.32 Å². The lowest BCUT2D eigenvalue weighted by Crippen LogP contribution is -2.49. The topological polar surface area (TPSA) is 41.5 Å². The maximum Gasteiger partial charge on any atom is 0.110 e. The number of aliphatic hydroxyl groups excluding tert-OH is 1. The molecule has 0 spiro atoms. The molecule has 86 valence electrons. The van der Waals surface area contributed by atoms with Crippen LogP contribution in [-0.4, -0.2) is 29.9 Å². The highest BCUT2D eigenvalue weighted by atomic mass is 16.5. The molecule has 0 aromatic heterocycles. The Morgan fingerprint density at radius 1 is 1.40 bits per heavy atom. The maximum absolute atomic E-state index is 9.43. The second-order valence-corrected chi connectivity index (χ2v) is 4.73. The van der Waals surface area contributed by atoms with E-state index in [0.717, 1.165) is 32.2 Å². The molecular weight excluding hydrogens is 190 g/mol. The lowest BCUT2D eigenvalue weighted by molar-refractivity contribution is 0.0954. The van der Waals surface area contributed by atoms with Crippen LogP contribution in [-0.2, 0) is 4.74 Å². The lowest BCUT2D eigenvalue weighted by Gasteiger charge is -2.31. The molecule has 1 saturated carbocycles. The summed E-state index contributed by atoms with van der Waals surface area (Å²) in [6.45, 7) is 1.13. The Balaban J connectivity index is 1.78. The third kappa shape index (κ3) is 2.73. The number of hydrogen-bond donors (Lipinski definition) is 2. The van der Waals surface area contributed by atoms with E-state index >= 15 is 0 Å². The van der Waals surface area contributed by atoms with Gasteiger partial charge in [-0.25, -0.2) is 0 Å². The Kier molecular flexibility index (Phi) is 3.65. The standard InChI is InChI=1S/C12H21NO2/c14-10-12(6-2-3-7-12)13-9-11-5-1-4-8-15-11/h4,8,11,13-14H,1-3,5-7,9-10H2. The molecule has 3 nitrogen and oxygen atoms in total. The highest BCUT2D eigenvalue weighted by Gasteiger charge is 2.33. The van der Waals surface area contributed by atoms with E-state index in [1.807, 2.05) is 0 Å². The molecule has 0 bridgehead atoms. The third-order valence-electron chi connectivity index (χ3n) is 3.59. The first-order chi connectivity index (χ1) is 7.35. The molecule has 1 unspecified atom stereocenters. The van der Waals surface area contributed by atoms with Gasteiger partial charge in [0.05, 0.1) is 12.9 Å². The summed E-state index contributed by atoms with van der Waals surface area (Å²) in [5.41, 5.74) is -0.00940. The first kappa shape index (κ1) is 11.0. The summed E-state index contributed by atoms with van der Waals surface area (Å²) in [6.07, 6.45) is 11.0. The average molecular weight is 211 g/mol. The van der Waals surface area contributed by atoms with E-state index < -0.39 is 0 Å². The second-order valence-electron chi connectivity index (χ2n) is 4.73. The Morgan fingerprint density at radius 2 is 2.20 bits per heavy atom. The van der Waals surface area contributed by atoms with Crippen LogP contribution in [0.2, 0.25) is 0 Å². The molecule has 0 aromatic rings. The Bertz CT molecular complexity index is 222. The molecule has 1 fully saturated rings. The molecule has 15 heavy (non-hydrogen) atoms. The van der Waals surface area contributed by atoms with E-state index in [1.54, 1.807) is 6.26 Å². The van der Waals surface area contributed by atoms with Crippen LogP contribution in [0.25, 0.3) is 0 Å². The monoisotopic (exact) mass is 211 g/mol. The number of hydrogen-bond acceptors (Lipinski definition) is 3. The number of ether oxygens (including phenoxy) is 1. The molecule has 0 amide bonds. The van der Waals surface area contributed by atoms with Gasteiger partial charge in [-0.2, -0.15) is 0 Å². The van der Waals surface area contributed by atoms with E-state index in [1.165, 1.54) is 12.8 Å². The van der Waals surface area contributed by atoms with Gasteiger partial charge in [0.25, 0.3) is 0 Å². The zero-order valence-corrected chi connectivity index (χ0v) is 9.24. The van der Waals surface area contributed by atoms with Gasteiger partial charge in [0.1, 0.15) is 6.10 Å². The predicted molar refractivity (Wildman–Crippen MR) is 59.5 cm³/mol. The number of aliphatic hydroxyl groups is 1. The quantitative estimate of drug-likeness (QED) is 0.741. The highest BCUT2D eigenvalue weighted by Crippen LogP contribution is 2.29. The molecule has 2 aliphatic rings.